The van der Waals surface area contributed by atoms with E-state index >= 15 is 0 Å². The molecule has 0 aromatic rings. The van der Waals surface area contributed by atoms with Gasteiger partial charge in [0.15, 0.2) is 0 Å². The van der Waals surface area contributed by atoms with Crippen LogP contribution in [0.2, 0.25) is 0 Å². The van der Waals surface area contributed by atoms with Crippen LogP contribution in [0.15, 0.2) is 0 Å². The van der Waals surface area contributed by atoms with E-state index in [4.69, 9.17) is 0 Å². The molecule has 0 spiro atoms. The molecule has 0 aliphatic rings. The molecule has 0 saturated heterocycles. The molecule has 30 valence electrons. The van der Waals surface area contributed by atoms with Crippen LogP contribution in [-0.4, -0.2) is 0 Å². The summed E-state index contributed by atoms with van der Waals surface area (Å²) in [7, 11) is 0. The van der Waals surface area contributed by atoms with E-state index in [1.54, 1.807) is 0 Å². The summed E-state index contributed by atoms with van der Waals surface area (Å²) < 4.78 is 0. The summed E-state index contributed by atoms with van der Waals surface area (Å²) in [6.45, 7) is 0. The molecular formula is H4CoMoNaPV. The molecular weight excluding hydrogens is 260 g/mol. The molecule has 0 bridgehead atoms. The molecule has 0 aromatic heterocycles. The van der Waals surface area contributed by atoms with Crippen LogP contribution in [0.1, 0.15) is 1.43 Å². The molecule has 0 aromatic carbocycles. The molecule has 1 unspecified atom stereocenters. The first-order chi connectivity index (χ1) is 0. The Bertz CT molecular complexity index is 15.5. The smallest absolute Gasteiger partial charge is 1.00 e. The van der Waals surface area contributed by atoms with Crippen molar-refractivity contribution in [3.8, 4) is 0 Å². The third-order valence-electron chi connectivity index (χ3n) is 0. The van der Waals surface area contributed by atoms with Crippen LogP contribution >= 0.6 is 9.90 Å². The van der Waals surface area contributed by atoms with Crippen molar-refractivity contribution in [1.29, 1.82) is 0 Å². The Labute approximate surface area is 95.7 Å². The maximum atomic E-state index is 0. The normalized spacial score (nSPS) is 0. The van der Waals surface area contributed by atoms with Crippen molar-refractivity contribution in [1.82, 2.24) is 0 Å². The van der Waals surface area contributed by atoms with Gasteiger partial charge in [-0.1, -0.05) is 0 Å². The molecule has 1 atom stereocenters. The fourth-order valence-corrected chi connectivity index (χ4v) is 0. The third kappa shape index (κ3) is 19.0. The van der Waals surface area contributed by atoms with Gasteiger partial charge in [0.1, 0.15) is 0 Å². The van der Waals surface area contributed by atoms with Crippen LogP contribution in [-0.2, 0) is 56.4 Å². The standard InChI is InChI=1S/Co.Mo.Na.H3P.V.H/h;;;1H3;;/q;;+1;;;-1. The Morgan fingerprint density at radius 2 is 1.20 bits per heavy atom. The molecule has 0 aliphatic carbocycles. The summed E-state index contributed by atoms with van der Waals surface area (Å²) in [6.07, 6.45) is 0. The summed E-state index contributed by atoms with van der Waals surface area (Å²) >= 11 is 0. The van der Waals surface area contributed by atoms with Gasteiger partial charge < -0.3 is 1.43 Å². The Kier molecular flexibility index (Phi) is 224. The Balaban J connectivity index is 0. The maximum Gasteiger partial charge on any atom is 1.00 e. The first-order valence-electron chi connectivity index (χ1n) is 0. The molecule has 2 radical (unpaired) electrons. The van der Waals surface area contributed by atoms with Gasteiger partial charge in [0, 0.05) is 56.4 Å². The average Bonchev–Trinajstić information content (AvgIpc) is 0. The molecule has 0 aliphatic heterocycles. The predicted octanol–water partition coefficient (Wildman–Crippen LogP) is -2.83. The van der Waals surface area contributed by atoms with Gasteiger partial charge in [-0.25, -0.2) is 0 Å². The second kappa shape index (κ2) is 27.0. The van der Waals surface area contributed by atoms with Gasteiger partial charge in [-0.15, -0.1) is 0 Å². The zero-order chi connectivity index (χ0) is 0. The molecule has 5 heteroatoms. The second-order valence-electron chi connectivity index (χ2n) is 0. The minimum atomic E-state index is 0. The van der Waals surface area contributed by atoms with E-state index in [9.17, 15) is 0 Å². The van der Waals surface area contributed by atoms with Crippen molar-refractivity contribution in [3.63, 3.8) is 0 Å². The SMILES string of the molecule is P.[Co].[H-].[Mo].[Na+].[V]. The minimum Gasteiger partial charge on any atom is -1.00 e. The number of hydrogen-bond donors (Lipinski definition) is 0. The van der Waals surface area contributed by atoms with Crippen LogP contribution < -0.4 is 29.6 Å². The van der Waals surface area contributed by atoms with Crippen LogP contribution in [0.5, 0.6) is 0 Å². The van der Waals surface area contributed by atoms with Gasteiger partial charge in [0.05, 0.1) is 0 Å². The van der Waals surface area contributed by atoms with Gasteiger partial charge in [0.25, 0.3) is 0 Å². The van der Waals surface area contributed by atoms with Crippen molar-refractivity contribution in [3.05, 3.63) is 0 Å². The largest absolute Gasteiger partial charge is 1.00 e. The predicted molar refractivity (Wildman–Crippen MR) is 12.2 cm³/mol. The molecule has 0 rings (SSSR count). The maximum absolute atomic E-state index is 0. The van der Waals surface area contributed by atoms with E-state index in [0.717, 1.165) is 0 Å². The molecule has 0 N–H and O–H groups in total. The van der Waals surface area contributed by atoms with Crippen molar-refractivity contribution >= 4 is 9.90 Å². The van der Waals surface area contributed by atoms with Crippen LogP contribution in [0, 0.1) is 0 Å². The van der Waals surface area contributed by atoms with E-state index < -0.39 is 0 Å². The summed E-state index contributed by atoms with van der Waals surface area (Å²) in [5.41, 5.74) is 0. The van der Waals surface area contributed by atoms with Gasteiger partial charge >= 0.3 is 29.6 Å². The quantitative estimate of drug-likeness (QED) is 0.327. The van der Waals surface area contributed by atoms with E-state index in [0.29, 0.717) is 0 Å². The van der Waals surface area contributed by atoms with Crippen molar-refractivity contribution in [2.24, 2.45) is 0 Å². The van der Waals surface area contributed by atoms with Gasteiger partial charge in [-0.2, -0.15) is 9.90 Å². The van der Waals surface area contributed by atoms with E-state index in [1.165, 1.54) is 0 Å². The number of rotatable bonds is 0. The molecule has 0 fully saturated rings. The summed E-state index contributed by atoms with van der Waals surface area (Å²) in [5, 5.41) is 0. The van der Waals surface area contributed by atoms with Crippen molar-refractivity contribution in [2.45, 2.75) is 0 Å². The van der Waals surface area contributed by atoms with Gasteiger partial charge in [-0.05, 0) is 0 Å². The molecule has 0 amide bonds. The van der Waals surface area contributed by atoms with Gasteiger partial charge in [0.2, 0.25) is 0 Å². The molecule has 0 heterocycles. The molecule has 0 nitrogen and oxygen atoms in total. The molecule has 0 saturated carbocycles. The minimum absolute atomic E-state index is 0. The second-order valence-corrected chi connectivity index (χ2v) is 0. The van der Waals surface area contributed by atoms with Crippen LogP contribution in [0.25, 0.3) is 0 Å². The van der Waals surface area contributed by atoms with Crippen LogP contribution in [0.3, 0.4) is 0 Å². The third-order valence-corrected chi connectivity index (χ3v) is 0. The van der Waals surface area contributed by atoms with Crippen LogP contribution in [0.4, 0.5) is 0 Å². The average molecular weight is 264 g/mol. The topological polar surface area (TPSA) is 0 Å². The van der Waals surface area contributed by atoms with Crippen molar-refractivity contribution in [2.75, 3.05) is 0 Å². The van der Waals surface area contributed by atoms with E-state index in [2.05, 4.69) is 0 Å². The summed E-state index contributed by atoms with van der Waals surface area (Å²) in [6, 6.07) is 0. The first kappa shape index (κ1) is 41.4. The zero-order valence-corrected chi connectivity index (χ0v) is 10.8. The Morgan fingerprint density at radius 3 is 1.20 bits per heavy atom. The fraction of sp³-hybridized carbons (Fsp3) is 0. The van der Waals surface area contributed by atoms with Gasteiger partial charge in [-0.3, -0.25) is 0 Å². The molecule has 5 heavy (non-hydrogen) atoms. The zero-order valence-electron chi connectivity index (χ0n) is 3.90. The monoisotopic (exact) mass is 266 g/mol. The van der Waals surface area contributed by atoms with E-state index in [1.807, 2.05) is 0 Å². The fourth-order valence-electron chi connectivity index (χ4n) is 0. The first-order valence-corrected chi connectivity index (χ1v) is 0. The number of hydrogen-bond acceptors (Lipinski definition) is 0. The Hall–Kier alpha value is 3.21. The van der Waals surface area contributed by atoms with E-state index in [-0.39, 0.29) is 97.3 Å². The summed E-state index contributed by atoms with van der Waals surface area (Å²) in [4.78, 5) is 0. The van der Waals surface area contributed by atoms with Crippen molar-refractivity contribution < 1.29 is 87.4 Å². The Morgan fingerprint density at radius 1 is 1.20 bits per heavy atom. The summed E-state index contributed by atoms with van der Waals surface area (Å²) in [5.74, 6) is 0.